The largest absolute Gasteiger partial charge is 0.466 e. The molecule has 2 aromatic carbocycles. The van der Waals surface area contributed by atoms with Crippen LogP contribution < -0.4 is 0 Å². The molecule has 1 aliphatic carbocycles. The van der Waals surface area contributed by atoms with Crippen molar-refractivity contribution in [3.8, 4) is 0 Å². The molecule has 2 aliphatic rings. The van der Waals surface area contributed by atoms with Crippen molar-refractivity contribution >= 4 is 21.7 Å². The quantitative estimate of drug-likeness (QED) is 0.421. The number of nitrogens with zero attached hydrogens (tertiary/aromatic N) is 2. The highest BCUT2D eigenvalue weighted by Gasteiger charge is 2.60. The van der Waals surface area contributed by atoms with Crippen molar-refractivity contribution in [1.82, 2.24) is 4.31 Å². The Morgan fingerprint density at radius 2 is 1.83 bits per heavy atom. The molecule has 1 aliphatic heterocycles. The number of nitro groups is 1. The van der Waals surface area contributed by atoms with Gasteiger partial charge in [-0.15, -0.1) is 0 Å². The zero-order valence-corrected chi connectivity index (χ0v) is 17.5. The average Bonchev–Trinajstić information content (AvgIpc) is 3.12. The van der Waals surface area contributed by atoms with E-state index in [0.717, 1.165) is 17.2 Å². The van der Waals surface area contributed by atoms with E-state index in [1.165, 1.54) is 29.6 Å². The summed E-state index contributed by atoms with van der Waals surface area (Å²) in [7, 11) is -3.12. The Hall–Kier alpha value is -3.20. The number of methoxy groups -OCH3 is 1. The summed E-state index contributed by atoms with van der Waals surface area (Å²) in [6.07, 6.45) is 0.470. The normalized spacial score (nSPS) is 22.6. The zero-order valence-electron chi connectivity index (χ0n) is 16.7. The van der Waals surface area contributed by atoms with Crippen LogP contribution in [0.25, 0.3) is 0 Å². The Morgan fingerprint density at radius 3 is 2.50 bits per heavy atom. The number of ether oxygens (including phenoxy) is 1. The van der Waals surface area contributed by atoms with E-state index in [4.69, 9.17) is 4.74 Å². The van der Waals surface area contributed by atoms with Gasteiger partial charge in [-0.3, -0.25) is 14.4 Å². The lowest BCUT2D eigenvalue weighted by Crippen LogP contribution is -2.45. The molecule has 1 heterocycles. The van der Waals surface area contributed by atoms with Gasteiger partial charge < -0.3 is 4.74 Å². The fourth-order valence-corrected chi connectivity index (χ4v) is 6.93. The van der Waals surface area contributed by atoms with Crippen LogP contribution in [0.4, 0.5) is 5.69 Å². The van der Waals surface area contributed by atoms with Gasteiger partial charge in [0.2, 0.25) is 0 Å². The van der Waals surface area contributed by atoms with Gasteiger partial charge in [-0.2, -0.15) is 0 Å². The Labute approximate surface area is 174 Å². The summed E-state index contributed by atoms with van der Waals surface area (Å²) in [4.78, 5) is 23.0. The molecule has 2 atom stereocenters. The molecule has 8 nitrogen and oxygen atoms in total. The number of esters is 1. The Morgan fingerprint density at radius 1 is 1.20 bits per heavy atom. The van der Waals surface area contributed by atoms with Gasteiger partial charge in [-0.1, -0.05) is 36.4 Å². The topological polar surface area (TPSA) is 107 Å². The van der Waals surface area contributed by atoms with Crippen LogP contribution in [0.5, 0.6) is 0 Å². The first-order chi connectivity index (χ1) is 14.2. The van der Waals surface area contributed by atoms with Gasteiger partial charge in [0, 0.05) is 17.7 Å². The molecule has 0 bridgehead atoms. The number of carbonyl (C=O) groups excluding carboxylic acids is 1. The Balaban J connectivity index is 2.01. The predicted octanol–water partition coefficient (Wildman–Crippen LogP) is 3.13. The number of allylic oxidation sites excluding steroid dienone is 1. The van der Waals surface area contributed by atoms with Crippen molar-refractivity contribution in [2.45, 2.75) is 30.7 Å². The summed E-state index contributed by atoms with van der Waals surface area (Å²) < 4.78 is 33.8. The molecular weight excluding hydrogens is 408 g/mol. The summed E-state index contributed by atoms with van der Waals surface area (Å²) in [5.41, 5.74) is 0.591. The van der Waals surface area contributed by atoms with E-state index < -0.39 is 43.0 Å². The Bertz CT molecular complexity index is 1220. The van der Waals surface area contributed by atoms with Crippen LogP contribution in [0.15, 0.2) is 64.7 Å². The maximum Gasteiger partial charge on any atom is 0.335 e. The summed E-state index contributed by atoms with van der Waals surface area (Å²) in [6.45, 7) is 3.31. The van der Waals surface area contributed by atoms with E-state index in [2.05, 4.69) is 0 Å². The van der Waals surface area contributed by atoms with Crippen LogP contribution in [0.1, 0.15) is 25.0 Å². The van der Waals surface area contributed by atoms with E-state index >= 15 is 0 Å². The highest BCUT2D eigenvalue weighted by molar-refractivity contribution is 7.89. The summed E-state index contributed by atoms with van der Waals surface area (Å²) >= 11 is 0. The van der Waals surface area contributed by atoms with Gasteiger partial charge in [0.15, 0.2) is 4.90 Å². The van der Waals surface area contributed by atoms with Gasteiger partial charge in [0.1, 0.15) is 0 Å². The van der Waals surface area contributed by atoms with Crippen LogP contribution in [0.2, 0.25) is 0 Å². The number of fused-ring (bicyclic) bond motifs is 3. The van der Waals surface area contributed by atoms with Gasteiger partial charge in [0.25, 0.3) is 15.7 Å². The second-order valence-electron chi connectivity index (χ2n) is 7.55. The lowest BCUT2D eigenvalue weighted by atomic mass is 9.84. The number of benzene rings is 2. The molecule has 0 aromatic heterocycles. The molecule has 9 heteroatoms. The van der Waals surface area contributed by atoms with Crippen molar-refractivity contribution in [2.75, 3.05) is 7.11 Å². The number of sulfonamides is 1. The first kappa shape index (κ1) is 20.1. The average molecular weight is 428 g/mol. The Kier molecular flexibility index (Phi) is 4.46. The minimum Gasteiger partial charge on any atom is -0.466 e. The minimum atomic E-state index is -4.37. The monoisotopic (exact) mass is 428 g/mol. The standard InChI is InChI=1S/C21H20N2O6S/c1-13-19(20(24)29-3)16-12-14-8-4-5-9-15(14)21(16,2)22(13)30(27,28)18-11-7-6-10-17(18)23(25)26/h4-11,16H,12H2,1-3H3/t16-,21-/m1/s1. The van der Waals surface area contributed by atoms with E-state index in [-0.39, 0.29) is 11.3 Å². The fraction of sp³-hybridized carbons (Fsp3) is 0.286. The molecule has 0 saturated heterocycles. The molecule has 0 N–H and O–H groups in total. The molecule has 0 radical (unpaired) electrons. The number of hydrogen-bond acceptors (Lipinski definition) is 6. The van der Waals surface area contributed by atoms with Crippen LogP contribution in [-0.4, -0.2) is 30.7 Å². The molecule has 0 saturated carbocycles. The smallest absolute Gasteiger partial charge is 0.335 e. The molecule has 0 amide bonds. The molecule has 0 unspecified atom stereocenters. The van der Waals surface area contributed by atoms with Crippen LogP contribution in [0.3, 0.4) is 0 Å². The molecule has 30 heavy (non-hydrogen) atoms. The number of para-hydroxylation sites is 1. The van der Waals surface area contributed by atoms with E-state index in [9.17, 15) is 23.3 Å². The maximum atomic E-state index is 13.8. The molecular formula is C21H20N2O6S. The molecule has 156 valence electrons. The van der Waals surface area contributed by atoms with Gasteiger partial charge >= 0.3 is 5.97 Å². The van der Waals surface area contributed by atoms with Crippen molar-refractivity contribution in [2.24, 2.45) is 5.92 Å². The molecule has 4 rings (SSSR count). The summed E-state index contributed by atoms with van der Waals surface area (Å²) in [5.74, 6) is -1.06. The third kappa shape index (κ3) is 2.51. The van der Waals surface area contributed by atoms with Crippen molar-refractivity contribution < 1.29 is 22.9 Å². The highest BCUT2D eigenvalue weighted by atomic mass is 32.2. The molecule has 0 spiro atoms. The number of hydrogen-bond donors (Lipinski definition) is 0. The van der Waals surface area contributed by atoms with Crippen LogP contribution >= 0.6 is 0 Å². The fourth-order valence-electron chi connectivity index (χ4n) is 4.90. The summed E-state index contributed by atoms with van der Waals surface area (Å²) in [6, 6.07) is 12.6. The van der Waals surface area contributed by atoms with E-state index in [1.54, 1.807) is 13.8 Å². The van der Waals surface area contributed by atoms with E-state index in [1.807, 2.05) is 24.3 Å². The second kappa shape index (κ2) is 6.66. The first-order valence-electron chi connectivity index (χ1n) is 9.32. The predicted molar refractivity (Wildman–Crippen MR) is 108 cm³/mol. The first-order valence-corrected chi connectivity index (χ1v) is 10.8. The highest BCUT2D eigenvalue weighted by Crippen LogP contribution is 2.57. The number of nitro benzene ring substituents is 1. The second-order valence-corrected chi connectivity index (χ2v) is 9.30. The van der Waals surface area contributed by atoms with Gasteiger partial charge in [-0.05, 0) is 37.5 Å². The van der Waals surface area contributed by atoms with Crippen LogP contribution in [-0.2, 0) is 31.5 Å². The third-order valence-corrected chi connectivity index (χ3v) is 8.15. The third-order valence-electron chi connectivity index (χ3n) is 6.12. The zero-order chi connectivity index (χ0) is 21.8. The molecule has 2 aromatic rings. The summed E-state index contributed by atoms with van der Waals surface area (Å²) in [5, 5.41) is 11.5. The number of rotatable bonds is 4. The van der Waals surface area contributed by atoms with Gasteiger partial charge in [-0.25, -0.2) is 13.2 Å². The number of carbonyl (C=O) groups is 1. The lowest BCUT2D eigenvalue weighted by molar-refractivity contribution is -0.387. The molecule has 0 fully saturated rings. The van der Waals surface area contributed by atoms with Crippen LogP contribution in [0, 0.1) is 16.0 Å². The van der Waals surface area contributed by atoms with E-state index in [0.29, 0.717) is 6.42 Å². The van der Waals surface area contributed by atoms with Gasteiger partial charge in [0.05, 0.1) is 23.1 Å². The lowest BCUT2D eigenvalue weighted by Gasteiger charge is -2.38. The maximum absolute atomic E-state index is 13.8. The van der Waals surface area contributed by atoms with Crippen molar-refractivity contribution in [1.29, 1.82) is 0 Å². The van der Waals surface area contributed by atoms with Crippen molar-refractivity contribution in [3.63, 3.8) is 0 Å². The SMILES string of the molecule is COC(=O)C1=C(C)N(S(=O)(=O)c2ccccc2[N+](=O)[O-])[C@]2(C)c3ccccc3C[C@H]12. The minimum absolute atomic E-state index is 0.224. The van der Waals surface area contributed by atoms with Crippen molar-refractivity contribution in [3.05, 3.63) is 81.0 Å².